The lowest BCUT2D eigenvalue weighted by Gasteiger charge is -2.19. The summed E-state index contributed by atoms with van der Waals surface area (Å²) in [6, 6.07) is 15.7. The first-order valence-electron chi connectivity index (χ1n) is 8.61. The largest absolute Gasteiger partial charge is 0.486 e. The lowest BCUT2D eigenvalue weighted by molar-refractivity contribution is 0.304. The van der Waals surface area contributed by atoms with Crippen LogP contribution in [-0.2, 0) is 12.0 Å². The van der Waals surface area contributed by atoms with Crippen molar-refractivity contribution in [2.24, 2.45) is 0 Å². The highest BCUT2D eigenvalue weighted by Crippen LogP contribution is 2.28. The first-order valence-corrected chi connectivity index (χ1v) is 9.80. The molecule has 0 spiro atoms. The average molecular weight is 399 g/mol. The van der Waals surface area contributed by atoms with E-state index in [1.54, 1.807) is 4.52 Å². The first kappa shape index (κ1) is 17.9. The zero-order chi connectivity index (χ0) is 19.0. The lowest BCUT2D eigenvalue weighted by atomic mass is 9.87. The van der Waals surface area contributed by atoms with E-state index >= 15 is 0 Å². The zero-order valence-electron chi connectivity index (χ0n) is 15.3. The molecule has 0 atom stereocenters. The fourth-order valence-corrected chi connectivity index (χ4v) is 3.69. The molecule has 2 aromatic heterocycles. The molecule has 0 amide bonds. The van der Waals surface area contributed by atoms with Crippen LogP contribution in [0.1, 0.15) is 31.3 Å². The molecule has 0 saturated carbocycles. The predicted molar refractivity (Wildman–Crippen MR) is 109 cm³/mol. The molecule has 0 bridgehead atoms. The third kappa shape index (κ3) is 3.68. The molecule has 0 unspecified atom stereocenters. The minimum Gasteiger partial charge on any atom is -0.486 e. The summed E-state index contributed by atoms with van der Waals surface area (Å²) in [5.41, 5.74) is 2.21. The Hall–Kier alpha value is -2.44. The van der Waals surface area contributed by atoms with Gasteiger partial charge in [0.2, 0.25) is 4.96 Å². The van der Waals surface area contributed by atoms with Crippen molar-refractivity contribution < 1.29 is 4.74 Å². The number of fused-ring (bicyclic) bond motifs is 1. The van der Waals surface area contributed by atoms with Crippen molar-refractivity contribution >= 4 is 27.9 Å². The van der Waals surface area contributed by atoms with Gasteiger partial charge in [0.25, 0.3) is 0 Å². The van der Waals surface area contributed by atoms with Crippen LogP contribution in [0.2, 0.25) is 5.02 Å². The van der Waals surface area contributed by atoms with Gasteiger partial charge in [-0.1, -0.05) is 68.0 Å². The van der Waals surface area contributed by atoms with Crippen LogP contribution in [0.15, 0.2) is 48.5 Å². The van der Waals surface area contributed by atoms with Crippen molar-refractivity contribution in [1.29, 1.82) is 0 Å². The van der Waals surface area contributed by atoms with Gasteiger partial charge < -0.3 is 4.74 Å². The maximum Gasteiger partial charge on any atom is 0.235 e. The van der Waals surface area contributed by atoms with Crippen LogP contribution in [0.5, 0.6) is 5.75 Å². The molecular formula is C20H19ClN4OS. The second-order valence-corrected chi connectivity index (χ2v) is 8.70. The number of hydrogen-bond acceptors (Lipinski definition) is 5. The average Bonchev–Trinajstić information content (AvgIpc) is 3.20. The lowest BCUT2D eigenvalue weighted by Crippen LogP contribution is -2.10. The van der Waals surface area contributed by atoms with Crippen LogP contribution in [0.4, 0.5) is 0 Å². The topological polar surface area (TPSA) is 52.3 Å². The summed E-state index contributed by atoms with van der Waals surface area (Å²) < 4.78 is 7.60. The van der Waals surface area contributed by atoms with E-state index in [1.165, 1.54) is 16.9 Å². The van der Waals surface area contributed by atoms with Gasteiger partial charge in [-0.2, -0.15) is 9.61 Å². The second-order valence-electron chi connectivity index (χ2n) is 7.26. The maximum atomic E-state index is 6.28. The van der Waals surface area contributed by atoms with Crippen molar-refractivity contribution in [2.45, 2.75) is 32.8 Å². The van der Waals surface area contributed by atoms with E-state index in [2.05, 4.69) is 48.2 Å². The normalized spacial score (nSPS) is 11.9. The molecule has 2 aromatic carbocycles. The third-order valence-corrected chi connectivity index (χ3v) is 5.43. The molecule has 5 nitrogen and oxygen atoms in total. The number of aromatic nitrogens is 4. The SMILES string of the molecule is CC(C)(C)c1ccc(OCc2nn3c(-c4ccccc4Cl)nnc3s2)cc1. The summed E-state index contributed by atoms with van der Waals surface area (Å²) in [6.07, 6.45) is 0. The molecule has 0 aliphatic heterocycles. The number of halogens is 1. The standard InChI is InChI=1S/C20H19ClN4OS/c1-20(2,3)13-8-10-14(11-9-13)26-12-17-24-25-18(22-23-19(25)27-17)15-6-4-5-7-16(15)21/h4-11H,12H2,1-3H3. The van der Waals surface area contributed by atoms with Gasteiger partial charge in [-0.15, -0.1) is 10.2 Å². The monoisotopic (exact) mass is 398 g/mol. The Morgan fingerprint density at radius 3 is 2.48 bits per heavy atom. The van der Waals surface area contributed by atoms with Crippen LogP contribution in [0, 0.1) is 0 Å². The van der Waals surface area contributed by atoms with Gasteiger partial charge in [-0.25, -0.2) is 0 Å². The molecule has 0 N–H and O–H groups in total. The van der Waals surface area contributed by atoms with E-state index in [0.29, 0.717) is 22.4 Å². The molecule has 2 heterocycles. The summed E-state index contributed by atoms with van der Waals surface area (Å²) in [6.45, 7) is 6.96. The van der Waals surface area contributed by atoms with E-state index in [1.807, 2.05) is 36.4 Å². The molecule has 4 aromatic rings. The Morgan fingerprint density at radius 1 is 1.04 bits per heavy atom. The van der Waals surface area contributed by atoms with Crippen molar-refractivity contribution in [3.8, 4) is 17.1 Å². The minimum atomic E-state index is 0.126. The number of hydrogen-bond donors (Lipinski definition) is 0. The fraction of sp³-hybridized carbons (Fsp3) is 0.250. The van der Waals surface area contributed by atoms with Crippen LogP contribution >= 0.6 is 22.9 Å². The molecule has 4 rings (SSSR count). The highest BCUT2D eigenvalue weighted by molar-refractivity contribution is 7.16. The third-order valence-electron chi connectivity index (χ3n) is 4.23. The Labute approximate surface area is 166 Å². The number of nitrogens with zero attached hydrogens (tertiary/aromatic N) is 4. The van der Waals surface area contributed by atoms with Gasteiger partial charge in [0.05, 0.1) is 5.02 Å². The summed E-state index contributed by atoms with van der Waals surface area (Å²) in [7, 11) is 0. The smallest absolute Gasteiger partial charge is 0.235 e. The van der Waals surface area contributed by atoms with Gasteiger partial charge in [-0.3, -0.25) is 0 Å². The summed E-state index contributed by atoms with van der Waals surface area (Å²) >= 11 is 7.73. The number of ether oxygens (including phenoxy) is 1. The molecule has 138 valence electrons. The predicted octanol–water partition coefficient (Wildman–Crippen LogP) is 5.38. The highest BCUT2D eigenvalue weighted by atomic mass is 35.5. The van der Waals surface area contributed by atoms with Gasteiger partial charge >= 0.3 is 0 Å². The molecule has 0 fully saturated rings. The van der Waals surface area contributed by atoms with Crippen molar-refractivity contribution in [2.75, 3.05) is 0 Å². The summed E-state index contributed by atoms with van der Waals surface area (Å²) in [5.74, 6) is 1.45. The summed E-state index contributed by atoms with van der Waals surface area (Å²) in [4.78, 5) is 0.714. The molecule has 0 aliphatic carbocycles. The molecular weight excluding hydrogens is 380 g/mol. The zero-order valence-corrected chi connectivity index (χ0v) is 16.9. The Balaban J connectivity index is 1.53. The van der Waals surface area contributed by atoms with E-state index in [0.717, 1.165) is 16.3 Å². The first-order chi connectivity index (χ1) is 12.9. The van der Waals surface area contributed by atoms with E-state index in [4.69, 9.17) is 16.3 Å². The van der Waals surface area contributed by atoms with Crippen molar-refractivity contribution in [1.82, 2.24) is 19.8 Å². The van der Waals surface area contributed by atoms with Crippen LogP contribution in [-0.4, -0.2) is 19.8 Å². The van der Waals surface area contributed by atoms with Crippen molar-refractivity contribution in [3.63, 3.8) is 0 Å². The number of rotatable bonds is 4. The van der Waals surface area contributed by atoms with E-state index in [-0.39, 0.29) is 5.41 Å². The van der Waals surface area contributed by atoms with Crippen LogP contribution in [0.25, 0.3) is 16.3 Å². The molecule has 7 heteroatoms. The minimum absolute atomic E-state index is 0.126. The van der Waals surface area contributed by atoms with Gasteiger partial charge in [-0.05, 0) is 35.2 Å². The highest BCUT2D eigenvalue weighted by Gasteiger charge is 2.16. The summed E-state index contributed by atoms with van der Waals surface area (Å²) in [5, 5.41) is 14.5. The van der Waals surface area contributed by atoms with Gasteiger partial charge in [0.1, 0.15) is 12.4 Å². The Morgan fingerprint density at radius 2 is 1.78 bits per heavy atom. The number of benzene rings is 2. The molecule has 0 aliphatic rings. The van der Waals surface area contributed by atoms with Crippen LogP contribution < -0.4 is 4.74 Å². The Bertz CT molecular complexity index is 1080. The molecule has 27 heavy (non-hydrogen) atoms. The van der Waals surface area contributed by atoms with Crippen molar-refractivity contribution in [3.05, 3.63) is 64.1 Å². The molecule has 0 radical (unpaired) electrons. The van der Waals surface area contributed by atoms with E-state index < -0.39 is 0 Å². The van der Waals surface area contributed by atoms with Gasteiger partial charge in [0.15, 0.2) is 10.8 Å². The molecule has 0 saturated heterocycles. The van der Waals surface area contributed by atoms with Gasteiger partial charge in [0, 0.05) is 5.56 Å². The fourth-order valence-electron chi connectivity index (χ4n) is 2.72. The Kier molecular flexibility index (Phi) is 4.61. The second kappa shape index (κ2) is 6.94. The maximum absolute atomic E-state index is 6.28. The quantitative estimate of drug-likeness (QED) is 0.463. The van der Waals surface area contributed by atoms with E-state index in [9.17, 15) is 0 Å². The van der Waals surface area contributed by atoms with Crippen LogP contribution in [0.3, 0.4) is 0 Å².